The Hall–Kier alpha value is -2.50. The highest BCUT2D eigenvalue weighted by Crippen LogP contribution is 2.29. The molecule has 6 nitrogen and oxygen atoms in total. The summed E-state index contributed by atoms with van der Waals surface area (Å²) in [6, 6.07) is 10.6. The van der Waals surface area contributed by atoms with Gasteiger partial charge >= 0.3 is 0 Å². The molecule has 1 saturated heterocycles. The van der Waals surface area contributed by atoms with Crippen molar-refractivity contribution >= 4 is 17.5 Å². The van der Waals surface area contributed by atoms with Gasteiger partial charge in [0.25, 0.3) is 0 Å². The standard InChI is InChI=1S/C19H27N5O/c1-4-15(2)21-19-20-10-9-18(22-19)24-13-11-23(12-14-24)16-7-5-6-8-17(16)25-3/h5-10,15H,4,11-14H2,1-3H3,(H,20,21,22). The third-order valence-corrected chi connectivity index (χ3v) is 4.66. The molecule has 1 aliphatic heterocycles. The molecule has 1 aromatic heterocycles. The van der Waals surface area contributed by atoms with Crippen molar-refractivity contribution in [3.8, 4) is 5.75 Å². The molecule has 0 saturated carbocycles. The molecule has 0 amide bonds. The number of hydrogen-bond donors (Lipinski definition) is 1. The summed E-state index contributed by atoms with van der Waals surface area (Å²) in [6.45, 7) is 8.04. The highest BCUT2D eigenvalue weighted by molar-refractivity contribution is 5.59. The van der Waals surface area contributed by atoms with Gasteiger partial charge in [-0.3, -0.25) is 0 Å². The van der Waals surface area contributed by atoms with Crippen molar-refractivity contribution in [3.05, 3.63) is 36.5 Å². The number of anilines is 3. The first-order valence-corrected chi connectivity index (χ1v) is 8.93. The lowest BCUT2D eigenvalue weighted by Crippen LogP contribution is -2.47. The van der Waals surface area contributed by atoms with Gasteiger partial charge in [-0.2, -0.15) is 4.98 Å². The minimum Gasteiger partial charge on any atom is -0.495 e. The van der Waals surface area contributed by atoms with E-state index in [1.807, 2.05) is 24.4 Å². The van der Waals surface area contributed by atoms with E-state index < -0.39 is 0 Å². The maximum absolute atomic E-state index is 5.49. The summed E-state index contributed by atoms with van der Waals surface area (Å²) in [4.78, 5) is 13.7. The van der Waals surface area contributed by atoms with E-state index in [-0.39, 0.29) is 0 Å². The van der Waals surface area contributed by atoms with Gasteiger partial charge in [-0.05, 0) is 31.5 Å². The van der Waals surface area contributed by atoms with Gasteiger partial charge in [-0.1, -0.05) is 19.1 Å². The molecule has 3 rings (SSSR count). The van der Waals surface area contributed by atoms with E-state index in [4.69, 9.17) is 4.74 Å². The molecule has 2 aromatic rings. The molecule has 0 bridgehead atoms. The second-order valence-electron chi connectivity index (χ2n) is 6.34. The van der Waals surface area contributed by atoms with Crippen LogP contribution >= 0.6 is 0 Å². The summed E-state index contributed by atoms with van der Waals surface area (Å²) in [5.41, 5.74) is 1.16. The number of methoxy groups -OCH3 is 1. The maximum Gasteiger partial charge on any atom is 0.224 e. The summed E-state index contributed by atoms with van der Waals surface area (Å²) in [5, 5.41) is 3.34. The smallest absolute Gasteiger partial charge is 0.224 e. The van der Waals surface area contributed by atoms with Crippen LogP contribution in [0.3, 0.4) is 0 Å². The zero-order valence-electron chi connectivity index (χ0n) is 15.3. The Morgan fingerprint density at radius 3 is 2.56 bits per heavy atom. The van der Waals surface area contributed by atoms with Crippen LogP contribution in [0.1, 0.15) is 20.3 Å². The molecule has 134 valence electrons. The van der Waals surface area contributed by atoms with Crippen LogP contribution in [0, 0.1) is 0 Å². The van der Waals surface area contributed by atoms with Crippen LogP contribution in [-0.4, -0.2) is 49.3 Å². The van der Waals surface area contributed by atoms with Crippen LogP contribution in [0.25, 0.3) is 0 Å². The molecule has 1 N–H and O–H groups in total. The number of rotatable bonds is 6. The van der Waals surface area contributed by atoms with E-state index in [1.54, 1.807) is 7.11 Å². The zero-order valence-corrected chi connectivity index (χ0v) is 15.3. The number of piperazine rings is 1. The molecule has 0 radical (unpaired) electrons. The average molecular weight is 341 g/mol. The Labute approximate surface area is 149 Å². The summed E-state index contributed by atoms with van der Waals surface area (Å²) < 4.78 is 5.49. The highest BCUT2D eigenvalue weighted by Gasteiger charge is 2.20. The largest absolute Gasteiger partial charge is 0.495 e. The molecule has 0 spiro atoms. The molecular formula is C19H27N5O. The van der Waals surface area contributed by atoms with Gasteiger partial charge < -0.3 is 19.9 Å². The minimum atomic E-state index is 0.373. The van der Waals surface area contributed by atoms with Crippen LogP contribution in [0.15, 0.2) is 36.5 Å². The minimum absolute atomic E-state index is 0.373. The Balaban J connectivity index is 1.65. The molecule has 1 unspecified atom stereocenters. The van der Waals surface area contributed by atoms with Crippen molar-refractivity contribution in [2.24, 2.45) is 0 Å². The average Bonchev–Trinajstić information content (AvgIpc) is 2.68. The normalized spacial score (nSPS) is 15.8. The summed E-state index contributed by atoms with van der Waals surface area (Å²) in [7, 11) is 1.72. The topological polar surface area (TPSA) is 53.5 Å². The number of benzene rings is 1. The van der Waals surface area contributed by atoms with E-state index in [1.165, 1.54) is 0 Å². The SMILES string of the molecule is CCC(C)Nc1nccc(N2CCN(c3ccccc3OC)CC2)n1. The van der Waals surface area contributed by atoms with Gasteiger partial charge in [-0.25, -0.2) is 4.98 Å². The summed E-state index contributed by atoms with van der Waals surface area (Å²) >= 11 is 0. The van der Waals surface area contributed by atoms with Gasteiger partial charge in [0.1, 0.15) is 11.6 Å². The Kier molecular flexibility index (Phi) is 5.58. The van der Waals surface area contributed by atoms with Crippen molar-refractivity contribution in [2.75, 3.05) is 48.4 Å². The Morgan fingerprint density at radius 1 is 1.12 bits per heavy atom. The molecule has 1 atom stereocenters. The van der Waals surface area contributed by atoms with Crippen molar-refractivity contribution in [1.29, 1.82) is 0 Å². The van der Waals surface area contributed by atoms with Crippen LogP contribution in [0.2, 0.25) is 0 Å². The van der Waals surface area contributed by atoms with Crippen molar-refractivity contribution < 1.29 is 4.74 Å². The lowest BCUT2D eigenvalue weighted by atomic mass is 10.2. The summed E-state index contributed by atoms with van der Waals surface area (Å²) in [6.07, 6.45) is 2.88. The van der Waals surface area contributed by atoms with Gasteiger partial charge in [0.05, 0.1) is 12.8 Å². The van der Waals surface area contributed by atoms with Crippen molar-refractivity contribution in [1.82, 2.24) is 9.97 Å². The first kappa shape index (κ1) is 17.3. The molecule has 1 fully saturated rings. The Bertz CT molecular complexity index is 685. The van der Waals surface area contributed by atoms with E-state index in [2.05, 4.69) is 51.1 Å². The van der Waals surface area contributed by atoms with Crippen LogP contribution in [-0.2, 0) is 0 Å². The first-order chi connectivity index (χ1) is 12.2. The third kappa shape index (κ3) is 4.13. The molecule has 1 aromatic carbocycles. The molecule has 1 aliphatic rings. The van der Waals surface area contributed by atoms with Crippen LogP contribution < -0.4 is 19.9 Å². The maximum atomic E-state index is 5.49. The second kappa shape index (κ2) is 8.05. The van der Waals surface area contributed by atoms with E-state index >= 15 is 0 Å². The fraction of sp³-hybridized carbons (Fsp3) is 0.474. The Morgan fingerprint density at radius 2 is 1.84 bits per heavy atom. The monoisotopic (exact) mass is 341 g/mol. The predicted molar refractivity (Wildman–Crippen MR) is 103 cm³/mol. The number of nitrogens with one attached hydrogen (secondary N) is 1. The molecular weight excluding hydrogens is 314 g/mol. The number of aromatic nitrogens is 2. The lowest BCUT2D eigenvalue weighted by molar-refractivity contribution is 0.413. The fourth-order valence-electron chi connectivity index (χ4n) is 2.98. The highest BCUT2D eigenvalue weighted by atomic mass is 16.5. The first-order valence-electron chi connectivity index (χ1n) is 8.93. The third-order valence-electron chi connectivity index (χ3n) is 4.66. The number of para-hydroxylation sites is 2. The quantitative estimate of drug-likeness (QED) is 0.872. The molecule has 2 heterocycles. The van der Waals surface area contributed by atoms with Gasteiger partial charge in [0.15, 0.2) is 0 Å². The predicted octanol–water partition coefficient (Wildman–Crippen LogP) is 3.02. The van der Waals surface area contributed by atoms with E-state index in [9.17, 15) is 0 Å². The second-order valence-corrected chi connectivity index (χ2v) is 6.34. The molecule has 0 aliphatic carbocycles. The number of hydrogen-bond acceptors (Lipinski definition) is 6. The van der Waals surface area contributed by atoms with Gasteiger partial charge in [-0.15, -0.1) is 0 Å². The number of ether oxygens (including phenoxy) is 1. The van der Waals surface area contributed by atoms with E-state index in [0.717, 1.165) is 49.9 Å². The van der Waals surface area contributed by atoms with Gasteiger partial charge in [0, 0.05) is 38.4 Å². The lowest BCUT2D eigenvalue weighted by Gasteiger charge is -2.37. The fourth-order valence-corrected chi connectivity index (χ4v) is 2.98. The molecule has 6 heteroatoms. The molecule has 25 heavy (non-hydrogen) atoms. The van der Waals surface area contributed by atoms with Crippen LogP contribution in [0.4, 0.5) is 17.5 Å². The van der Waals surface area contributed by atoms with Crippen LogP contribution in [0.5, 0.6) is 5.75 Å². The van der Waals surface area contributed by atoms with Crippen molar-refractivity contribution in [2.45, 2.75) is 26.3 Å². The van der Waals surface area contributed by atoms with Gasteiger partial charge in [0.2, 0.25) is 5.95 Å². The number of nitrogens with zero attached hydrogens (tertiary/aromatic N) is 4. The zero-order chi connectivity index (χ0) is 17.6. The summed E-state index contributed by atoms with van der Waals surface area (Å²) in [5.74, 6) is 2.62. The van der Waals surface area contributed by atoms with E-state index in [0.29, 0.717) is 12.0 Å². The van der Waals surface area contributed by atoms with Crippen molar-refractivity contribution in [3.63, 3.8) is 0 Å².